The minimum absolute atomic E-state index is 0.200. The molecule has 106 valence electrons. The van der Waals surface area contributed by atoms with Gasteiger partial charge in [0.25, 0.3) is 0 Å². The summed E-state index contributed by atoms with van der Waals surface area (Å²) in [5.41, 5.74) is 8.02. The molecule has 1 aliphatic carbocycles. The number of aromatic nitrogens is 2. The molecule has 21 heavy (non-hydrogen) atoms. The zero-order valence-electron chi connectivity index (χ0n) is 11.3. The van der Waals surface area contributed by atoms with Gasteiger partial charge in [-0.2, -0.15) is 5.26 Å². The SMILES string of the molecule is N#CC1(CNc2cncc(-c3cc(N)ncc3Cl)c2)CC1. The van der Waals surface area contributed by atoms with Crippen LogP contribution in [0.5, 0.6) is 0 Å². The van der Waals surface area contributed by atoms with Gasteiger partial charge in [-0.15, -0.1) is 0 Å². The van der Waals surface area contributed by atoms with Gasteiger partial charge in [0.2, 0.25) is 0 Å². The van der Waals surface area contributed by atoms with Gasteiger partial charge in [-0.3, -0.25) is 4.98 Å². The Bertz CT molecular complexity index is 718. The summed E-state index contributed by atoms with van der Waals surface area (Å²) >= 11 is 6.16. The van der Waals surface area contributed by atoms with Crippen molar-refractivity contribution in [2.24, 2.45) is 5.41 Å². The average Bonchev–Trinajstić information content (AvgIpc) is 3.29. The summed E-state index contributed by atoms with van der Waals surface area (Å²) in [7, 11) is 0. The maximum Gasteiger partial charge on any atom is 0.124 e. The second-order valence-electron chi connectivity index (χ2n) is 5.30. The van der Waals surface area contributed by atoms with E-state index in [0.717, 1.165) is 29.7 Å². The van der Waals surface area contributed by atoms with Gasteiger partial charge < -0.3 is 11.1 Å². The number of hydrogen-bond acceptors (Lipinski definition) is 5. The van der Waals surface area contributed by atoms with E-state index in [4.69, 9.17) is 22.6 Å². The number of nitrogens with one attached hydrogen (secondary N) is 1. The Morgan fingerprint density at radius 2 is 2.14 bits per heavy atom. The molecule has 3 rings (SSSR count). The quantitative estimate of drug-likeness (QED) is 0.905. The first-order chi connectivity index (χ1) is 10.1. The van der Waals surface area contributed by atoms with Crippen LogP contribution in [-0.4, -0.2) is 16.5 Å². The van der Waals surface area contributed by atoms with Crippen LogP contribution in [0.25, 0.3) is 11.1 Å². The number of nitrogens with two attached hydrogens (primary N) is 1. The average molecular weight is 300 g/mol. The smallest absolute Gasteiger partial charge is 0.124 e. The Balaban J connectivity index is 1.83. The number of pyridine rings is 2. The van der Waals surface area contributed by atoms with Crippen LogP contribution >= 0.6 is 11.6 Å². The standard InChI is InChI=1S/C15H14ClN5/c16-13-7-20-14(18)4-12(13)10-3-11(6-19-5-10)21-9-15(8-17)1-2-15/h3-7,21H,1-2,9H2,(H2,18,20). The fraction of sp³-hybridized carbons (Fsp3) is 0.267. The molecule has 1 saturated carbocycles. The molecule has 0 bridgehead atoms. The first-order valence-electron chi connectivity index (χ1n) is 6.63. The Kier molecular flexibility index (Phi) is 3.40. The van der Waals surface area contributed by atoms with Crippen molar-refractivity contribution in [3.05, 3.63) is 35.7 Å². The molecule has 2 aromatic rings. The maximum absolute atomic E-state index is 9.09. The van der Waals surface area contributed by atoms with Crippen molar-refractivity contribution in [2.45, 2.75) is 12.8 Å². The molecule has 5 nitrogen and oxygen atoms in total. The molecule has 2 heterocycles. The molecule has 6 heteroatoms. The van der Waals surface area contributed by atoms with Crippen molar-refractivity contribution in [3.8, 4) is 17.2 Å². The molecule has 0 atom stereocenters. The molecule has 3 N–H and O–H groups in total. The van der Waals surface area contributed by atoms with Gasteiger partial charge in [0.1, 0.15) is 5.82 Å². The van der Waals surface area contributed by atoms with Crippen molar-refractivity contribution < 1.29 is 0 Å². The second kappa shape index (κ2) is 5.23. The van der Waals surface area contributed by atoms with Crippen LogP contribution in [0.1, 0.15) is 12.8 Å². The van der Waals surface area contributed by atoms with Gasteiger partial charge in [-0.25, -0.2) is 4.98 Å². The van der Waals surface area contributed by atoms with E-state index in [1.165, 1.54) is 6.20 Å². The number of nitrogens with zero attached hydrogens (tertiary/aromatic N) is 3. The summed E-state index contributed by atoms with van der Waals surface area (Å²) < 4.78 is 0. The number of rotatable bonds is 4. The third-order valence-corrected chi connectivity index (χ3v) is 3.95. The Labute approximate surface area is 127 Å². The Morgan fingerprint density at radius 1 is 1.33 bits per heavy atom. The van der Waals surface area contributed by atoms with Crippen molar-refractivity contribution in [3.63, 3.8) is 0 Å². The summed E-state index contributed by atoms with van der Waals surface area (Å²) in [6.45, 7) is 0.640. The zero-order chi connectivity index (χ0) is 14.9. The first kappa shape index (κ1) is 13.7. The molecular formula is C15H14ClN5. The highest BCUT2D eigenvalue weighted by Gasteiger charge is 2.42. The van der Waals surface area contributed by atoms with E-state index in [-0.39, 0.29) is 5.41 Å². The van der Waals surface area contributed by atoms with Crippen LogP contribution in [0, 0.1) is 16.7 Å². The van der Waals surface area contributed by atoms with Gasteiger partial charge in [-0.1, -0.05) is 11.6 Å². The van der Waals surface area contributed by atoms with Crippen LogP contribution in [-0.2, 0) is 0 Å². The summed E-state index contributed by atoms with van der Waals surface area (Å²) in [6.07, 6.45) is 6.90. The largest absolute Gasteiger partial charge is 0.384 e. The fourth-order valence-electron chi connectivity index (χ4n) is 2.11. The van der Waals surface area contributed by atoms with Crippen molar-refractivity contribution >= 4 is 23.1 Å². The minimum Gasteiger partial charge on any atom is -0.384 e. The van der Waals surface area contributed by atoms with E-state index < -0.39 is 0 Å². The minimum atomic E-state index is -0.200. The lowest BCUT2D eigenvalue weighted by Gasteiger charge is -2.11. The van der Waals surface area contributed by atoms with Gasteiger partial charge in [0.15, 0.2) is 0 Å². The van der Waals surface area contributed by atoms with Gasteiger partial charge in [0.05, 0.1) is 22.2 Å². The molecule has 0 unspecified atom stereocenters. The number of nitrogen functional groups attached to an aromatic ring is 1. The summed E-state index contributed by atoms with van der Waals surface area (Å²) in [6, 6.07) is 6.03. The zero-order valence-corrected chi connectivity index (χ0v) is 12.1. The predicted molar refractivity (Wildman–Crippen MR) is 82.7 cm³/mol. The summed E-state index contributed by atoms with van der Waals surface area (Å²) in [4.78, 5) is 8.16. The van der Waals surface area contributed by atoms with E-state index >= 15 is 0 Å². The Hall–Kier alpha value is -2.32. The lowest BCUT2D eigenvalue weighted by molar-refractivity contribution is 0.711. The van der Waals surface area contributed by atoms with Gasteiger partial charge in [0, 0.05) is 36.3 Å². The number of hydrogen-bond donors (Lipinski definition) is 2. The van der Waals surface area contributed by atoms with Crippen LogP contribution in [0.15, 0.2) is 30.7 Å². The third kappa shape index (κ3) is 2.91. The van der Waals surface area contributed by atoms with Crippen molar-refractivity contribution in [2.75, 3.05) is 17.6 Å². The van der Waals surface area contributed by atoms with E-state index in [2.05, 4.69) is 21.4 Å². The monoisotopic (exact) mass is 299 g/mol. The molecule has 0 spiro atoms. The fourth-order valence-corrected chi connectivity index (χ4v) is 2.32. The topological polar surface area (TPSA) is 87.6 Å². The van der Waals surface area contributed by atoms with Gasteiger partial charge in [-0.05, 0) is 25.0 Å². The molecule has 0 aliphatic heterocycles. The molecule has 2 aromatic heterocycles. The normalized spacial score (nSPS) is 15.2. The lowest BCUT2D eigenvalue weighted by Crippen LogP contribution is -2.13. The first-order valence-corrected chi connectivity index (χ1v) is 7.01. The number of nitriles is 1. The van der Waals surface area contributed by atoms with E-state index in [0.29, 0.717) is 17.4 Å². The van der Waals surface area contributed by atoms with Crippen molar-refractivity contribution in [1.82, 2.24) is 9.97 Å². The summed E-state index contributed by atoms with van der Waals surface area (Å²) in [5, 5.41) is 12.9. The van der Waals surface area contributed by atoms with Gasteiger partial charge >= 0.3 is 0 Å². The van der Waals surface area contributed by atoms with Crippen LogP contribution in [0.2, 0.25) is 5.02 Å². The predicted octanol–water partition coefficient (Wildman–Crippen LogP) is 3.09. The Morgan fingerprint density at radius 3 is 2.86 bits per heavy atom. The molecule has 0 radical (unpaired) electrons. The maximum atomic E-state index is 9.09. The highest BCUT2D eigenvalue weighted by Crippen LogP contribution is 2.44. The van der Waals surface area contributed by atoms with E-state index in [1.54, 1.807) is 18.5 Å². The van der Waals surface area contributed by atoms with Crippen LogP contribution in [0.4, 0.5) is 11.5 Å². The molecule has 0 aromatic carbocycles. The highest BCUT2D eigenvalue weighted by molar-refractivity contribution is 6.33. The number of anilines is 2. The second-order valence-corrected chi connectivity index (χ2v) is 5.70. The molecule has 0 amide bonds. The highest BCUT2D eigenvalue weighted by atomic mass is 35.5. The van der Waals surface area contributed by atoms with Crippen LogP contribution in [0.3, 0.4) is 0 Å². The molecule has 0 saturated heterocycles. The van der Waals surface area contributed by atoms with E-state index in [1.807, 2.05) is 6.07 Å². The molecule has 1 fully saturated rings. The molecule has 1 aliphatic rings. The number of halogens is 1. The lowest BCUT2D eigenvalue weighted by atomic mass is 10.1. The summed E-state index contributed by atoms with van der Waals surface area (Å²) in [5.74, 6) is 0.411. The molecular weight excluding hydrogens is 286 g/mol. The third-order valence-electron chi connectivity index (χ3n) is 3.65. The van der Waals surface area contributed by atoms with Crippen LogP contribution < -0.4 is 11.1 Å². The van der Waals surface area contributed by atoms with Crippen molar-refractivity contribution in [1.29, 1.82) is 5.26 Å². The van der Waals surface area contributed by atoms with E-state index in [9.17, 15) is 0 Å².